The summed E-state index contributed by atoms with van der Waals surface area (Å²) < 4.78 is 12.9. The first-order valence-electron chi connectivity index (χ1n) is 7.85. The number of hydrogen-bond acceptors (Lipinski definition) is 5. The van der Waals surface area contributed by atoms with E-state index in [-0.39, 0.29) is 5.82 Å². The summed E-state index contributed by atoms with van der Waals surface area (Å²) in [6.45, 7) is 1.20. The van der Waals surface area contributed by atoms with Gasteiger partial charge in [0.05, 0.1) is 6.20 Å². The second-order valence-electron chi connectivity index (χ2n) is 5.45. The van der Waals surface area contributed by atoms with Crippen LogP contribution in [0.5, 0.6) is 0 Å². The molecule has 0 saturated carbocycles. The fraction of sp³-hybridized carbons (Fsp3) is 0.167. The van der Waals surface area contributed by atoms with E-state index in [2.05, 4.69) is 25.8 Å². The van der Waals surface area contributed by atoms with Gasteiger partial charge in [-0.1, -0.05) is 35.9 Å². The molecule has 3 rings (SSSR count). The number of anilines is 2. The molecule has 2 N–H and O–H groups in total. The van der Waals surface area contributed by atoms with Gasteiger partial charge in [0.1, 0.15) is 5.82 Å². The van der Waals surface area contributed by atoms with Crippen LogP contribution in [0.25, 0.3) is 0 Å². The smallest absolute Gasteiger partial charge is 0.244 e. The first-order chi connectivity index (χ1) is 12.2. The summed E-state index contributed by atoms with van der Waals surface area (Å²) in [6, 6.07) is 14.0. The van der Waals surface area contributed by atoms with E-state index >= 15 is 0 Å². The maximum atomic E-state index is 12.9. The average Bonchev–Trinajstić information content (AvgIpc) is 2.62. The third-order valence-electron chi connectivity index (χ3n) is 3.53. The standard InChI is InChI=1S/C18H17ClFN5/c19-15-3-1-2-13(10-15)8-9-21-17-12-23-25-18(24-17)22-11-14-4-6-16(20)7-5-14/h1-7,10,12H,8-9,11H2,(H2,21,22,24,25). The van der Waals surface area contributed by atoms with Gasteiger partial charge in [0, 0.05) is 18.1 Å². The van der Waals surface area contributed by atoms with Crippen molar-refractivity contribution in [1.29, 1.82) is 0 Å². The topological polar surface area (TPSA) is 62.7 Å². The van der Waals surface area contributed by atoms with Crippen molar-refractivity contribution in [3.05, 3.63) is 76.7 Å². The Kier molecular flexibility index (Phi) is 5.74. The lowest BCUT2D eigenvalue weighted by molar-refractivity contribution is 0.627. The summed E-state index contributed by atoms with van der Waals surface area (Å²) in [6.07, 6.45) is 2.39. The third-order valence-corrected chi connectivity index (χ3v) is 3.77. The number of nitrogens with one attached hydrogen (secondary N) is 2. The van der Waals surface area contributed by atoms with Gasteiger partial charge in [0.2, 0.25) is 5.95 Å². The Labute approximate surface area is 150 Å². The highest BCUT2D eigenvalue weighted by Crippen LogP contribution is 2.12. The summed E-state index contributed by atoms with van der Waals surface area (Å²) >= 11 is 5.98. The summed E-state index contributed by atoms with van der Waals surface area (Å²) in [5, 5.41) is 14.9. The van der Waals surface area contributed by atoms with Crippen molar-refractivity contribution >= 4 is 23.4 Å². The van der Waals surface area contributed by atoms with Crippen LogP contribution >= 0.6 is 11.6 Å². The molecule has 0 bridgehead atoms. The van der Waals surface area contributed by atoms with Crippen LogP contribution in [0, 0.1) is 5.82 Å². The molecule has 1 aromatic heterocycles. The van der Waals surface area contributed by atoms with E-state index in [1.807, 2.05) is 24.3 Å². The zero-order valence-corrected chi connectivity index (χ0v) is 14.2. The fourth-order valence-electron chi connectivity index (χ4n) is 2.27. The highest BCUT2D eigenvalue weighted by molar-refractivity contribution is 6.30. The zero-order chi connectivity index (χ0) is 17.5. The van der Waals surface area contributed by atoms with Crippen molar-refractivity contribution in [2.24, 2.45) is 0 Å². The lowest BCUT2D eigenvalue weighted by Gasteiger charge is -2.08. The van der Waals surface area contributed by atoms with Crippen LogP contribution < -0.4 is 10.6 Å². The SMILES string of the molecule is Fc1ccc(CNc2nncc(NCCc3cccc(Cl)c3)n2)cc1. The first-order valence-corrected chi connectivity index (χ1v) is 8.23. The highest BCUT2D eigenvalue weighted by atomic mass is 35.5. The Morgan fingerprint density at radius 2 is 1.84 bits per heavy atom. The van der Waals surface area contributed by atoms with Crippen molar-refractivity contribution in [2.45, 2.75) is 13.0 Å². The Morgan fingerprint density at radius 3 is 2.64 bits per heavy atom. The van der Waals surface area contributed by atoms with Crippen molar-refractivity contribution in [3.63, 3.8) is 0 Å². The predicted octanol–water partition coefficient (Wildman–Crippen LogP) is 3.93. The van der Waals surface area contributed by atoms with Crippen molar-refractivity contribution in [3.8, 4) is 0 Å². The van der Waals surface area contributed by atoms with Crippen molar-refractivity contribution in [1.82, 2.24) is 15.2 Å². The van der Waals surface area contributed by atoms with Gasteiger partial charge in [-0.2, -0.15) is 10.1 Å². The quantitative estimate of drug-likeness (QED) is 0.670. The molecule has 1 heterocycles. The Hall–Kier alpha value is -2.73. The molecule has 0 spiro atoms. The average molecular weight is 358 g/mol. The first kappa shape index (κ1) is 17.1. The second kappa shape index (κ2) is 8.39. The minimum Gasteiger partial charge on any atom is -0.368 e. The lowest BCUT2D eigenvalue weighted by atomic mass is 10.1. The minimum atomic E-state index is -0.257. The monoisotopic (exact) mass is 357 g/mol. The van der Waals surface area contributed by atoms with Crippen LogP contribution in [0.2, 0.25) is 5.02 Å². The summed E-state index contributed by atoms with van der Waals surface area (Å²) in [5.74, 6) is 0.795. The molecule has 0 saturated heterocycles. The van der Waals surface area contributed by atoms with E-state index in [4.69, 9.17) is 11.6 Å². The molecule has 0 atom stereocenters. The molecule has 0 aliphatic carbocycles. The molecule has 7 heteroatoms. The van der Waals surface area contributed by atoms with Gasteiger partial charge in [0.15, 0.2) is 5.82 Å². The number of aromatic nitrogens is 3. The van der Waals surface area contributed by atoms with Gasteiger partial charge in [-0.15, -0.1) is 5.10 Å². The highest BCUT2D eigenvalue weighted by Gasteiger charge is 2.02. The largest absolute Gasteiger partial charge is 0.368 e. The molecule has 0 radical (unpaired) electrons. The van der Waals surface area contributed by atoms with E-state index < -0.39 is 0 Å². The number of hydrogen-bond donors (Lipinski definition) is 2. The molecule has 0 aliphatic rings. The van der Waals surface area contributed by atoms with Crippen LogP contribution in [0.15, 0.2) is 54.7 Å². The summed E-state index contributed by atoms with van der Waals surface area (Å²) in [7, 11) is 0. The molecular weight excluding hydrogens is 341 g/mol. The van der Waals surface area contributed by atoms with Crippen LogP contribution in [0.1, 0.15) is 11.1 Å². The molecule has 3 aromatic rings. The number of nitrogens with zero attached hydrogens (tertiary/aromatic N) is 3. The van der Waals surface area contributed by atoms with Crippen molar-refractivity contribution in [2.75, 3.05) is 17.2 Å². The number of benzene rings is 2. The Bertz CT molecular complexity index is 826. The summed E-state index contributed by atoms with van der Waals surface area (Å²) in [5.41, 5.74) is 2.08. The normalized spacial score (nSPS) is 10.5. The van der Waals surface area contributed by atoms with Crippen LogP contribution in [0.3, 0.4) is 0 Å². The number of halogens is 2. The molecule has 2 aromatic carbocycles. The van der Waals surface area contributed by atoms with E-state index in [0.717, 1.165) is 22.6 Å². The third kappa shape index (κ3) is 5.39. The van der Waals surface area contributed by atoms with Gasteiger partial charge in [-0.05, 0) is 41.8 Å². The maximum Gasteiger partial charge on any atom is 0.244 e. The van der Waals surface area contributed by atoms with Gasteiger partial charge >= 0.3 is 0 Å². The molecule has 5 nitrogen and oxygen atoms in total. The van der Waals surface area contributed by atoms with Gasteiger partial charge < -0.3 is 10.6 Å². The van der Waals surface area contributed by atoms with E-state index in [1.165, 1.54) is 12.1 Å². The Morgan fingerprint density at radius 1 is 1.00 bits per heavy atom. The van der Waals surface area contributed by atoms with E-state index in [1.54, 1.807) is 18.3 Å². The minimum absolute atomic E-state index is 0.257. The fourth-order valence-corrected chi connectivity index (χ4v) is 2.49. The summed E-state index contributed by atoms with van der Waals surface area (Å²) in [4.78, 5) is 4.36. The number of rotatable bonds is 7. The van der Waals surface area contributed by atoms with E-state index in [0.29, 0.717) is 24.9 Å². The molecule has 0 unspecified atom stereocenters. The molecule has 0 amide bonds. The van der Waals surface area contributed by atoms with Crippen molar-refractivity contribution < 1.29 is 4.39 Å². The molecule has 0 fully saturated rings. The predicted molar refractivity (Wildman–Crippen MR) is 97.2 cm³/mol. The molecule has 128 valence electrons. The molecular formula is C18H17ClFN5. The molecule has 25 heavy (non-hydrogen) atoms. The molecule has 0 aliphatic heterocycles. The maximum absolute atomic E-state index is 12.9. The van der Waals surface area contributed by atoms with Gasteiger partial charge in [-0.25, -0.2) is 4.39 Å². The van der Waals surface area contributed by atoms with Gasteiger partial charge in [0.25, 0.3) is 0 Å². The lowest BCUT2D eigenvalue weighted by Crippen LogP contribution is -2.10. The van der Waals surface area contributed by atoms with Gasteiger partial charge in [-0.3, -0.25) is 0 Å². The van der Waals surface area contributed by atoms with Crippen LogP contribution in [0.4, 0.5) is 16.2 Å². The second-order valence-corrected chi connectivity index (χ2v) is 5.89. The Balaban J connectivity index is 1.51. The van der Waals surface area contributed by atoms with Crippen LogP contribution in [-0.2, 0) is 13.0 Å². The van der Waals surface area contributed by atoms with E-state index in [9.17, 15) is 4.39 Å². The zero-order valence-electron chi connectivity index (χ0n) is 13.4. The van der Waals surface area contributed by atoms with Crippen LogP contribution in [-0.4, -0.2) is 21.7 Å².